The SMILES string of the molecule is C=CCn1cc(C(=O)N(C(C)=O)C(C)(C)C)c2ccccc21. The molecule has 1 heterocycles. The molecule has 0 unspecified atom stereocenters. The third-order valence-corrected chi connectivity index (χ3v) is 3.53. The van der Waals surface area contributed by atoms with Gasteiger partial charge in [0.15, 0.2) is 0 Å². The summed E-state index contributed by atoms with van der Waals surface area (Å²) in [5.41, 5.74) is 0.940. The molecule has 4 heteroatoms. The van der Waals surface area contributed by atoms with E-state index in [-0.39, 0.29) is 11.8 Å². The quantitative estimate of drug-likeness (QED) is 0.812. The van der Waals surface area contributed by atoms with Crippen LogP contribution in [-0.4, -0.2) is 26.8 Å². The van der Waals surface area contributed by atoms with Crippen LogP contribution in [-0.2, 0) is 11.3 Å². The van der Waals surface area contributed by atoms with Gasteiger partial charge in [-0.2, -0.15) is 0 Å². The molecule has 4 nitrogen and oxygen atoms in total. The summed E-state index contributed by atoms with van der Waals surface area (Å²) in [6.45, 7) is 11.4. The molecule has 0 fully saturated rings. The molecule has 116 valence electrons. The predicted octanol–water partition coefficient (Wildman–Crippen LogP) is 3.61. The minimum absolute atomic E-state index is 0.252. The largest absolute Gasteiger partial charge is 0.343 e. The van der Waals surface area contributed by atoms with Crippen LogP contribution in [0.4, 0.5) is 0 Å². The summed E-state index contributed by atoms with van der Waals surface area (Å²) in [5, 5.41) is 0.852. The molecule has 1 aromatic carbocycles. The molecule has 0 N–H and O–H groups in total. The summed E-state index contributed by atoms with van der Waals surface area (Å²) in [5.74, 6) is -0.517. The van der Waals surface area contributed by atoms with E-state index in [0.717, 1.165) is 10.9 Å². The molecule has 0 aliphatic carbocycles. The van der Waals surface area contributed by atoms with E-state index in [1.165, 1.54) is 11.8 Å². The van der Waals surface area contributed by atoms with E-state index in [1.807, 2.05) is 49.6 Å². The highest BCUT2D eigenvalue weighted by Crippen LogP contribution is 2.25. The number of hydrogen-bond donors (Lipinski definition) is 0. The summed E-state index contributed by atoms with van der Waals surface area (Å²) in [6, 6.07) is 7.70. The van der Waals surface area contributed by atoms with Crippen LogP contribution in [0.2, 0.25) is 0 Å². The van der Waals surface area contributed by atoms with Crippen LogP contribution < -0.4 is 0 Å². The zero-order valence-corrected chi connectivity index (χ0v) is 13.6. The number of benzene rings is 1. The summed E-state index contributed by atoms with van der Waals surface area (Å²) in [4.78, 5) is 26.2. The van der Waals surface area contributed by atoms with Crippen molar-refractivity contribution in [2.24, 2.45) is 0 Å². The van der Waals surface area contributed by atoms with Crippen LogP contribution >= 0.6 is 0 Å². The van der Waals surface area contributed by atoms with Crippen molar-refractivity contribution in [3.8, 4) is 0 Å². The van der Waals surface area contributed by atoms with Crippen molar-refractivity contribution in [2.45, 2.75) is 39.8 Å². The molecule has 2 aromatic rings. The molecule has 0 saturated carbocycles. The number of fused-ring (bicyclic) bond motifs is 1. The fourth-order valence-corrected chi connectivity index (χ4v) is 2.75. The Balaban J connectivity index is 2.61. The minimum Gasteiger partial charge on any atom is -0.343 e. The van der Waals surface area contributed by atoms with Crippen molar-refractivity contribution in [3.05, 3.63) is 48.7 Å². The highest BCUT2D eigenvalue weighted by molar-refractivity contribution is 6.12. The topological polar surface area (TPSA) is 42.3 Å². The van der Waals surface area contributed by atoms with Gasteiger partial charge in [-0.15, -0.1) is 6.58 Å². The van der Waals surface area contributed by atoms with E-state index in [0.29, 0.717) is 12.1 Å². The lowest BCUT2D eigenvalue weighted by Gasteiger charge is -2.32. The second kappa shape index (κ2) is 5.79. The van der Waals surface area contributed by atoms with Crippen LogP contribution in [0.25, 0.3) is 10.9 Å². The summed E-state index contributed by atoms with van der Waals surface area (Å²) in [6.07, 6.45) is 3.59. The standard InChI is InChI=1S/C18H22N2O2/c1-6-11-19-12-15(14-9-7-8-10-16(14)19)17(22)20(13(2)21)18(3,4)5/h6-10,12H,1,11H2,2-5H3. The van der Waals surface area contributed by atoms with Gasteiger partial charge < -0.3 is 4.57 Å². The highest BCUT2D eigenvalue weighted by atomic mass is 16.2. The van der Waals surface area contributed by atoms with E-state index in [2.05, 4.69) is 6.58 Å². The van der Waals surface area contributed by atoms with Crippen LogP contribution in [0.3, 0.4) is 0 Å². The monoisotopic (exact) mass is 298 g/mol. The van der Waals surface area contributed by atoms with Gasteiger partial charge in [-0.05, 0) is 26.8 Å². The fraction of sp³-hybridized carbons (Fsp3) is 0.333. The molecule has 0 atom stereocenters. The zero-order valence-electron chi connectivity index (χ0n) is 13.6. The van der Waals surface area contributed by atoms with Gasteiger partial charge in [0.2, 0.25) is 5.91 Å². The molecule has 0 bridgehead atoms. The number of amides is 2. The van der Waals surface area contributed by atoms with Gasteiger partial charge in [0.1, 0.15) is 0 Å². The summed E-state index contributed by atoms with van der Waals surface area (Å²) < 4.78 is 1.97. The lowest BCUT2D eigenvalue weighted by Crippen LogP contribution is -2.48. The number of carbonyl (C=O) groups is 2. The van der Waals surface area contributed by atoms with Gasteiger partial charge in [-0.1, -0.05) is 24.3 Å². The summed E-state index contributed by atoms with van der Waals surface area (Å²) >= 11 is 0. The van der Waals surface area contributed by atoms with Crippen molar-refractivity contribution in [2.75, 3.05) is 0 Å². The Bertz CT molecular complexity index is 735. The van der Waals surface area contributed by atoms with Crippen molar-refractivity contribution in [3.63, 3.8) is 0 Å². The maximum atomic E-state index is 12.9. The first-order chi connectivity index (χ1) is 10.3. The summed E-state index contributed by atoms with van der Waals surface area (Å²) in [7, 11) is 0. The Morgan fingerprint density at radius 3 is 2.45 bits per heavy atom. The molecule has 2 amide bonds. The Kier molecular flexibility index (Phi) is 4.22. The maximum Gasteiger partial charge on any atom is 0.263 e. The van der Waals surface area contributed by atoms with E-state index < -0.39 is 5.54 Å². The Labute approximate surface area is 131 Å². The normalized spacial score (nSPS) is 11.5. The Hall–Kier alpha value is -2.36. The number of aromatic nitrogens is 1. The van der Waals surface area contributed by atoms with Crippen molar-refractivity contribution in [1.29, 1.82) is 0 Å². The van der Waals surface area contributed by atoms with E-state index >= 15 is 0 Å². The fourth-order valence-electron chi connectivity index (χ4n) is 2.75. The number of imide groups is 1. The minimum atomic E-state index is -0.565. The first kappa shape index (κ1) is 16.0. The first-order valence-corrected chi connectivity index (χ1v) is 7.31. The third-order valence-electron chi connectivity index (χ3n) is 3.53. The lowest BCUT2D eigenvalue weighted by molar-refractivity contribution is -0.129. The number of allylic oxidation sites excluding steroid dienone is 1. The smallest absolute Gasteiger partial charge is 0.263 e. The number of rotatable bonds is 3. The van der Waals surface area contributed by atoms with Crippen molar-refractivity contribution in [1.82, 2.24) is 9.47 Å². The molecule has 0 aliphatic rings. The average molecular weight is 298 g/mol. The number of nitrogens with zero attached hydrogens (tertiary/aromatic N) is 2. The third kappa shape index (κ3) is 2.82. The van der Waals surface area contributed by atoms with E-state index in [9.17, 15) is 9.59 Å². The van der Waals surface area contributed by atoms with Crippen LogP contribution in [0.15, 0.2) is 43.1 Å². The molecule has 0 radical (unpaired) electrons. The molecule has 1 aromatic heterocycles. The van der Waals surface area contributed by atoms with Gasteiger partial charge in [0, 0.05) is 36.1 Å². The average Bonchev–Trinajstić information content (AvgIpc) is 2.76. The number of para-hydroxylation sites is 1. The second-order valence-electron chi connectivity index (χ2n) is 6.33. The molecule has 22 heavy (non-hydrogen) atoms. The van der Waals surface area contributed by atoms with Gasteiger partial charge >= 0.3 is 0 Å². The van der Waals surface area contributed by atoms with Gasteiger partial charge in [0.25, 0.3) is 5.91 Å². The molecule has 0 aliphatic heterocycles. The van der Waals surface area contributed by atoms with E-state index in [4.69, 9.17) is 0 Å². The van der Waals surface area contributed by atoms with Crippen molar-refractivity contribution >= 4 is 22.7 Å². The van der Waals surface area contributed by atoms with Crippen LogP contribution in [0.5, 0.6) is 0 Å². The Morgan fingerprint density at radius 1 is 1.27 bits per heavy atom. The van der Waals surface area contributed by atoms with Crippen LogP contribution in [0, 0.1) is 0 Å². The van der Waals surface area contributed by atoms with Crippen LogP contribution in [0.1, 0.15) is 38.1 Å². The van der Waals surface area contributed by atoms with Gasteiger partial charge in [0.05, 0.1) is 5.56 Å². The Morgan fingerprint density at radius 2 is 1.91 bits per heavy atom. The highest BCUT2D eigenvalue weighted by Gasteiger charge is 2.32. The molecule has 2 rings (SSSR count). The molecule has 0 spiro atoms. The molecule has 0 saturated heterocycles. The van der Waals surface area contributed by atoms with Crippen molar-refractivity contribution < 1.29 is 9.59 Å². The zero-order chi connectivity index (χ0) is 16.5. The maximum absolute atomic E-state index is 12.9. The van der Waals surface area contributed by atoms with Gasteiger partial charge in [-0.3, -0.25) is 14.5 Å². The van der Waals surface area contributed by atoms with E-state index in [1.54, 1.807) is 12.3 Å². The first-order valence-electron chi connectivity index (χ1n) is 7.31. The lowest BCUT2D eigenvalue weighted by atomic mass is 10.0. The molecular weight excluding hydrogens is 276 g/mol. The number of carbonyl (C=O) groups excluding carboxylic acids is 2. The molecular formula is C18H22N2O2. The predicted molar refractivity (Wildman–Crippen MR) is 88.7 cm³/mol. The van der Waals surface area contributed by atoms with Gasteiger partial charge in [-0.25, -0.2) is 0 Å². The number of hydrogen-bond acceptors (Lipinski definition) is 2. The second-order valence-corrected chi connectivity index (χ2v) is 6.33.